The molecule has 0 aromatic carbocycles. The highest BCUT2D eigenvalue weighted by atomic mass is 16.5. The zero-order chi connectivity index (χ0) is 13.5. The van der Waals surface area contributed by atoms with E-state index in [0.29, 0.717) is 32.7 Å². The molecule has 18 heavy (non-hydrogen) atoms. The van der Waals surface area contributed by atoms with E-state index in [1.54, 1.807) is 9.80 Å². The molecular formula is C12H23N3O3. The second kappa shape index (κ2) is 7.20. The van der Waals surface area contributed by atoms with E-state index in [9.17, 15) is 9.59 Å². The molecule has 0 saturated carbocycles. The molecule has 0 bridgehead atoms. The third-order valence-electron chi connectivity index (χ3n) is 3.30. The van der Waals surface area contributed by atoms with Gasteiger partial charge in [-0.3, -0.25) is 4.79 Å². The Morgan fingerprint density at radius 2 is 1.78 bits per heavy atom. The van der Waals surface area contributed by atoms with Crippen molar-refractivity contribution in [3.05, 3.63) is 0 Å². The predicted octanol–water partition coefficient (Wildman–Crippen LogP) is 0.272. The molecule has 1 rings (SSSR count). The van der Waals surface area contributed by atoms with Gasteiger partial charge in [-0.05, 0) is 6.42 Å². The Hall–Kier alpha value is -1.30. The molecule has 6 nitrogen and oxygen atoms in total. The lowest BCUT2D eigenvalue weighted by Gasteiger charge is -2.35. The zero-order valence-electron chi connectivity index (χ0n) is 11.2. The summed E-state index contributed by atoms with van der Waals surface area (Å²) in [4.78, 5) is 26.9. The summed E-state index contributed by atoms with van der Waals surface area (Å²) in [7, 11) is 1.37. The van der Waals surface area contributed by atoms with Crippen LogP contribution in [0.1, 0.15) is 19.8 Å². The van der Waals surface area contributed by atoms with E-state index >= 15 is 0 Å². The van der Waals surface area contributed by atoms with Gasteiger partial charge in [0.2, 0.25) is 5.91 Å². The van der Waals surface area contributed by atoms with Crippen molar-refractivity contribution in [2.24, 2.45) is 11.7 Å². The molecule has 1 atom stereocenters. The number of carbonyl (C=O) groups is 2. The Morgan fingerprint density at radius 3 is 2.22 bits per heavy atom. The average molecular weight is 257 g/mol. The maximum absolute atomic E-state index is 12.2. The quantitative estimate of drug-likeness (QED) is 0.784. The lowest BCUT2D eigenvalue weighted by molar-refractivity contribution is -0.137. The number of piperazine rings is 1. The first-order valence-corrected chi connectivity index (χ1v) is 6.45. The van der Waals surface area contributed by atoms with Gasteiger partial charge in [0, 0.05) is 32.7 Å². The van der Waals surface area contributed by atoms with Crippen molar-refractivity contribution in [2.45, 2.75) is 19.8 Å². The van der Waals surface area contributed by atoms with Gasteiger partial charge in [0.25, 0.3) is 0 Å². The fourth-order valence-electron chi connectivity index (χ4n) is 2.19. The second-order valence-corrected chi connectivity index (χ2v) is 4.50. The molecule has 104 valence electrons. The van der Waals surface area contributed by atoms with Gasteiger partial charge in [-0.15, -0.1) is 0 Å². The summed E-state index contributed by atoms with van der Waals surface area (Å²) in [5.41, 5.74) is 5.63. The Kier molecular flexibility index (Phi) is 5.91. The van der Waals surface area contributed by atoms with E-state index < -0.39 is 0 Å². The van der Waals surface area contributed by atoms with Crippen LogP contribution in [-0.4, -0.2) is 61.6 Å². The first-order valence-electron chi connectivity index (χ1n) is 6.45. The lowest BCUT2D eigenvalue weighted by atomic mass is 10.0. The molecule has 0 aromatic rings. The highest BCUT2D eigenvalue weighted by Crippen LogP contribution is 2.12. The number of ether oxygens (including phenoxy) is 1. The Labute approximate surface area is 108 Å². The normalized spacial score (nSPS) is 17.5. The van der Waals surface area contributed by atoms with E-state index in [-0.39, 0.29) is 17.9 Å². The summed E-state index contributed by atoms with van der Waals surface area (Å²) in [5, 5.41) is 0. The first kappa shape index (κ1) is 14.8. The van der Waals surface area contributed by atoms with Gasteiger partial charge in [-0.25, -0.2) is 4.79 Å². The number of hydrogen-bond donors (Lipinski definition) is 1. The van der Waals surface area contributed by atoms with Gasteiger partial charge in [0.05, 0.1) is 13.0 Å². The number of nitrogens with zero attached hydrogens (tertiary/aromatic N) is 2. The zero-order valence-corrected chi connectivity index (χ0v) is 11.2. The molecule has 0 radical (unpaired) electrons. The Bertz CT molecular complexity index is 288. The van der Waals surface area contributed by atoms with Crippen molar-refractivity contribution in [3.8, 4) is 0 Å². The number of nitrogens with two attached hydrogens (primary N) is 1. The molecule has 6 heteroatoms. The van der Waals surface area contributed by atoms with Crippen LogP contribution in [0.15, 0.2) is 0 Å². The van der Waals surface area contributed by atoms with Gasteiger partial charge in [-0.2, -0.15) is 0 Å². The summed E-state index contributed by atoms with van der Waals surface area (Å²) in [6, 6.07) is 0. The molecule has 1 aliphatic rings. The number of hydrogen-bond acceptors (Lipinski definition) is 4. The van der Waals surface area contributed by atoms with Crippen LogP contribution in [0.4, 0.5) is 4.79 Å². The van der Waals surface area contributed by atoms with E-state index in [1.807, 2.05) is 6.92 Å². The second-order valence-electron chi connectivity index (χ2n) is 4.50. The minimum atomic E-state index is -0.328. The topological polar surface area (TPSA) is 75.9 Å². The lowest BCUT2D eigenvalue weighted by Crippen LogP contribution is -2.52. The highest BCUT2D eigenvalue weighted by Gasteiger charge is 2.27. The number of carbonyl (C=O) groups excluding carboxylic acids is 2. The number of amides is 2. The van der Waals surface area contributed by atoms with Crippen LogP contribution >= 0.6 is 0 Å². The standard InChI is InChI=1S/C12H23N3O3/c1-3-4-10(9-13)11(16)14-5-7-15(8-6-14)12(17)18-2/h10H,3-9,13H2,1-2H3. The molecule has 2 amide bonds. The predicted molar refractivity (Wildman–Crippen MR) is 68.0 cm³/mol. The fourth-order valence-corrected chi connectivity index (χ4v) is 2.19. The SMILES string of the molecule is CCCC(CN)C(=O)N1CCN(C(=O)OC)CC1. The van der Waals surface area contributed by atoms with Crippen molar-refractivity contribution in [1.82, 2.24) is 9.80 Å². The minimum absolute atomic E-state index is 0.0836. The molecule has 1 saturated heterocycles. The molecule has 0 spiro atoms. The van der Waals surface area contributed by atoms with Crippen LogP contribution in [0, 0.1) is 5.92 Å². The smallest absolute Gasteiger partial charge is 0.409 e. The Morgan fingerprint density at radius 1 is 1.22 bits per heavy atom. The van der Waals surface area contributed by atoms with Gasteiger partial charge >= 0.3 is 6.09 Å². The van der Waals surface area contributed by atoms with E-state index in [4.69, 9.17) is 5.73 Å². The third-order valence-corrected chi connectivity index (χ3v) is 3.30. The summed E-state index contributed by atoms with van der Waals surface area (Å²) in [5.74, 6) is 0.0311. The van der Waals surface area contributed by atoms with Gasteiger partial charge in [0.1, 0.15) is 0 Å². The van der Waals surface area contributed by atoms with E-state index in [0.717, 1.165) is 12.8 Å². The van der Waals surface area contributed by atoms with Gasteiger partial charge in [-0.1, -0.05) is 13.3 Å². The molecule has 1 aliphatic heterocycles. The fraction of sp³-hybridized carbons (Fsp3) is 0.833. The van der Waals surface area contributed by atoms with Gasteiger partial charge in [0.15, 0.2) is 0 Å². The van der Waals surface area contributed by atoms with Crippen LogP contribution in [0.5, 0.6) is 0 Å². The molecule has 1 unspecified atom stereocenters. The van der Waals surface area contributed by atoms with Crippen molar-refractivity contribution in [1.29, 1.82) is 0 Å². The molecular weight excluding hydrogens is 234 g/mol. The monoisotopic (exact) mass is 257 g/mol. The molecule has 0 aliphatic carbocycles. The summed E-state index contributed by atoms with van der Waals surface area (Å²) in [6.07, 6.45) is 1.45. The van der Waals surface area contributed by atoms with Crippen molar-refractivity contribution >= 4 is 12.0 Å². The van der Waals surface area contributed by atoms with Crippen LogP contribution in [-0.2, 0) is 9.53 Å². The van der Waals surface area contributed by atoms with Crippen LogP contribution < -0.4 is 5.73 Å². The van der Waals surface area contributed by atoms with Gasteiger partial charge < -0.3 is 20.3 Å². The molecule has 1 fully saturated rings. The highest BCUT2D eigenvalue weighted by molar-refractivity contribution is 5.79. The maximum Gasteiger partial charge on any atom is 0.409 e. The van der Waals surface area contributed by atoms with Crippen molar-refractivity contribution in [2.75, 3.05) is 39.8 Å². The maximum atomic E-state index is 12.2. The van der Waals surface area contributed by atoms with E-state index in [1.165, 1.54) is 7.11 Å². The molecule has 2 N–H and O–H groups in total. The number of rotatable bonds is 4. The van der Waals surface area contributed by atoms with Crippen LogP contribution in [0.25, 0.3) is 0 Å². The number of methoxy groups -OCH3 is 1. The van der Waals surface area contributed by atoms with Crippen LogP contribution in [0.3, 0.4) is 0 Å². The summed E-state index contributed by atoms with van der Waals surface area (Å²) in [6.45, 7) is 4.63. The molecule has 0 aromatic heterocycles. The van der Waals surface area contributed by atoms with Crippen molar-refractivity contribution in [3.63, 3.8) is 0 Å². The van der Waals surface area contributed by atoms with Crippen LogP contribution in [0.2, 0.25) is 0 Å². The first-order chi connectivity index (χ1) is 8.63. The van der Waals surface area contributed by atoms with Crippen molar-refractivity contribution < 1.29 is 14.3 Å². The third kappa shape index (κ3) is 3.60. The molecule has 1 heterocycles. The summed E-state index contributed by atoms with van der Waals surface area (Å²) < 4.78 is 4.66. The summed E-state index contributed by atoms with van der Waals surface area (Å²) >= 11 is 0. The average Bonchev–Trinajstić information content (AvgIpc) is 2.43. The Balaban J connectivity index is 2.46. The largest absolute Gasteiger partial charge is 0.453 e. The van der Waals surface area contributed by atoms with E-state index in [2.05, 4.69) is 4.74 Å². The minimum Gasteiger partial charge on any atom is -0.453 e.